The van der Waals surface area contributed by atoms with Gasteiger partial charge in [-0.15, -0.1) is 15.3 Å². The van der Waals surface area contributed by atoms with Crippen LogP contribution >= 0.6 is 11.3 Å². The molecule has 0 N–H and O–H groups in total. The van der Waals surface area contributed by atoms with Crippen molar-refractivity contribution in [1.82, 2.24) is 29.6 Å². The van der Waals surface area contributed by atoms with Crippen LogP contribution in [0.5, 0.6) is 0 Å². The lowest BCUT2D eigenvalue weighted by atomic mass is 10.3. The molecule has 3 heterocycles. The van der Waals surface area contributed by atoms with Crippen LogP contribution in [-0.2, 0) is 0 Å². The molecule has 2 fully saturated rings. The first-order valence-electron chi connectivity index (χ1n) is 6.92. The standard InChI is InChI=1S/C12H16N6OS/c1-16-4-6-17(7-5-16)11(19)10-15-18-9(8-2-3-8)13-14-12(18)20-10/h8H,2-7H2,1H3. The zero-order valence-corrected chi connectivity index (χ0v) is 12.1. The van der Waals surface area contributed by atoms with Gasteiger partial charge in [0.2, 0.25) is 9.97 Å². The average Bonchev–Trinajstić information content (AvgIpc) is 3.08. The molecule has 106 valence electrons. The number of fused-ring (bicyclic) bond motifs is 1. The number of amides is 1. The largest absolute Gasteiger partial charge is 0.334 e. The fourth-order valence-electron chi connectivity index (χ4n) is 2.46. The van der Waals surface area contributed by atoms with E-state index in [9.17, 15) is 4.79 Å². The maximum absolute atomic E-state index is 12.5. The molecule has 1 saturated carbocycles. The molecule has 0 bridgehead atoms. The number of nitrogens with zero attached hydrogens (tertiary/aromatic N) is 6. The fourth-order valence-corrected chi connectivity index (χ4v) is 3.27. The molecule has 2 aromatic rings. The summed E-state index contributed by atoms with van der Waals surface area (Å²) in [6.07, 6.45) is 2.31. The Balaban J connectivity index is 1.59. The van der Waals surface area contributed by atoms with Crippen LogP contribution in [0.4, 0.5) is 0 Å². The van der Waals surface area contributed by atoms with Gasteiger partial charge in [-0.25, -0.2) is 0 Å². The third kappa shape index (κ3) is 1.99. The summed E-state index contributed by atoms with van der Waals surface area (Å²) in [5.74, 6) is 1.42. The van der Waals surface area contributed by atoms with Gasteiger partial charge in [-0.1, -0.05) is 11.3 Å². The minimum absolute atomic E-state index is 0.0235. The zero-order chi connectivity index (χ0) is 13.7. The highest BCUT2D eigenvalue weighted by atomic mass is 32.1. The molecular formula is C12H16N6OS. The summed E-state index contributed by atoms with van der Waals surface area (Å²) >= 11 is 1.34. The first kappa shape index (κ1) is 12.2. The summed E-state index contributed by atoms with van der Waals surface area (Å²) < 4.78 is 1.76. The number of rotatable bonds is 2. The molecule has 8 heteroatoms. The molecule has 4 rings (SSSR count). The van der Waals surface area contributed by atoms with E-state index in [0.29, 0.717) is 10.9 Å². The molecule has 0 atom stereocenters. The van der Waals surface area contributed by atoms with E-state index in [1.807, 2.05) is 4.90 Å². The van der Waals surface area contributed by atoms with Crippen LogP contribution in [-0.4, -0.2) is 68.7 Å². The van der Waals surface area contributed by atoms with Crippen LogP contribution in [0.3, 0.4) is 0 Å². The van der Waals surface area contributed by atoms with Gasteiger partial charge >= 0.3 is 0 Å². The minimum Gasteiger partial charge on any atom is -0.334 e. The van der Waals surface area contributed by atoms with Gasteiger partial charge in [0.25, 0.3) is 5.91 Å². The summed E-state index contributed by atoms with van der Waals surface area (Å²) in [7, 11) is 2.08. The lowest BCUT2D eigenvalue weighted by Crippen LogP contribution is -2.47. The van der Waals surface area contributed by atoms with Crippen LogP contribution < -0.4 is 0 Å². The predicted molar refractivity (Wildman–Crippen MR) is 74.0 cm³/mol. The van der Waals surface area contributed by atoms with Crippen molar-refractivity contribution < 1.29 is 4.79 Å². The molecule has 2 aliphatic rings. The summed E-state index contributed by atoms with van der Waals surface area (Å²) in [5, 5.41) is 13.3. The Morgan fingerprint density at radius 3 is 2.65 bits per heavy atom. The van der Waals surface area contributed by atoms with E-state index in [4.69, 9.17) is 0 Å². The topological polar surface area (TPSA) is 66.6 Å². The van der Waals surface area contributed by atoms with Crippen molar-refractivity contribution in [2.24, 2.45) is 0 Å². The van der Waals surface area contributed by atoms with Crippen molar-refractivity contribution in [3.63, 3.8) is 0 Å². The molecule has 1 amide bonds. The molecule has 0 aromatic carbocycles. The highest BCUT2D eigenvalue weighted by Crippen LogP contribution is 2.39. The number of carbonyl (C=O) groups is 1. The van der Waals surface area contributed by atoms with E-state index in [-0.39, 0.29) is 5.91 Å². The van der Waals surface area contributed by atoms with Gasteiger partial charge in [-0.3, -0.25) is 4.79 Å². The molecule has 1 aliphatic carbocycles. The summed E-state index contributed by atoms with van der Waals surface area (Å²) in [6.45, 7) is 3.38. The Morgan fingerprint density at radius 1 is 1.20 bits per heavy atom. The monoisotopic (exact) mass is 292 g/mol. The van der Waals surface area contributed by atoms with Crippen LogP contribution in [0.25, 0.3) is 4.96 Å². The number of piperazine rings is 1. The number of carbonyl (C=O) groups excluding carboxylic acids is 1. The van der Waals surface area contributed by atoms with Crippen LogP contribution in [0, 0.1) is 0 Å². The van der Waals surface area contributed by atoms with Gasteiger partial charge in [0.05, 0.1) is 0 Å². The van der Waals surface area contributed by atoms with E-state index in [1.165, 1.54) is 11.3 Å². The van der Waals surface area contributed by atoms with Crippen LogP contribution in [0.15, 0.2) is 0 Å². The maximum Gasteiger partial charge on any atom is 0.284 e. The second-order valence-electron chi connectivity index (χ2n) is 5.53. The van der Waals surface area contributed by atoms with Gasteiger partial charge < -0.3 is 9.80 Å². The maximum atomic E-state index is 12.5. The van der Waals surface area contributed by atoms with E-state index >= 15 is 0 Å². The van der Waals surface area contributed by atoms with E-state index in [0.717, 1.165) is 49.8 Å². The SMILES string of the molecule is CN1CCN(C(=O)c2nn3c(C4CC4)nnc3s2)CC1. The molecule has 1 saturated heterocycles. The smallest absolute Gasteiger partial charge is 0.284 e. The van der Waals surface area contributed by atoms with Gasteiger partial charge in [0.15, 0.2) is 5.82 Å². The highest BCUT2D eigenvalue weighted by Gasteiger charge is 2.31. The third-order valence-corrected chi connectivity index (χ3v) is 4.82. The molecule has 0 spiro atoms. The van der Waals surface area contributed by atoms with Gasteiger partial charge in [0, 0.05) is 32.1 Å². The Hall–Kier alpha value is -1.54. The Labute approximate surface area is 120 Å². The number of hydrogen-bond acceptors (Lipinski definition) is 6. The molecule has 7 nitrogen and oxygen atoms in total. The summed E-state index contributed by atoms with van der Waals surface area (Å²) in [6, 6.07) is 0. The Kier molecular flexibility index (Phi) is 2.74. The fraction of sp³-hybridized carbons (Fsp3) is 0.667. The second-order valence-corrected chi connectivity index (χ2v) is 6.49. The van der Waals surface area contributed by atoms with Gasteiger partial charge in [-0.05, 0) is 19.9 Å². The van der Waals surface area contributed by atoms with Gasteiger partial charge in [-0.2, -0.15) is 4.52 Å². The Bertz CT molecular complexity index is 652. The highest BCUT2D eigenvalue weighted by molar-refractivity contribution is 7.18. The molecule has 1 aliphatic heterocycles. The first-order valence-corrected chi connectivity index (χ1v) is 7.74. The molecular weight excluding hydrogens is 276 g/mol. The number of hydrogen-bond donors (Lipinski definition) is 0. The van der Waals surface area contributed by atoms with Crippen LogP contribution in [0.2, 0.25) is 0 Å². The molecule has 0 radical (unpaired) electrons. The van der Waals surface area contributed by atoms with Crippen LogP contribution in [0.1, 0.15) is 34.4 Å². The minimum atomic E-state index is 0.0235. The van der Waals surface area contributed by atoms with Crippen molar-refractivity contribution in [3.05, 3.63) is 10.8 Å². The van der Waals surface area contributed by atoms with Crippen molar-refractivity contribution in [3.8, 4) is 0 Å². The first-order chi connectivity index (χ1) is 9.72. The second kappa shape index (κ2) is 4.49. The zero-order valence-electron chi connectivity index (χ0n) is 11.3. The van der Waals surface area contributed by atoms with Crippen molar-refractivity contribution in [2.75, 3.05) is 33.2 Å². The van der Waals surface area contributed by atoms with Gasteiger partial charge in [0.1, 0.15) is 0 Å². The lowest BCUT2D eigenvalue weighted by Gasteiger charge is -2.31. The van der Waals surface area contributed by atoms with E-state index < -0.39 is 0 Å². The summed E-state index contributed by atoms with van der Waals surface area (Å²) in [5.41, 5.74) is 0. The van der Waals surface area contributed by atoms with E-state index in [2.05, 4.69) is 27.2 Å². The Morgan fingerprint density at radius 2 is 1.95 bits per heavy atom. The molecule has 2 aromatic heterocycles. The predicted octanol–water partition coefficient (Wildman–Crippen LogP) is 0.451. The average molecular weight is 292 g/mol. The third-order valence-electron chi connectivity index (χ3n) is 3.93. The van der Waals surface area contributed by atoms with Crippen molar-refractivity contribution in [1.29, 1.82) is 0 Å². The van der Waals surface area contributed by atoms with E-state index in [1.54, 1.807) is 4.52 Å². The molecule has 20 heavy (non-hydrogen) atoms. The van der Waals surface area contributed by atoms with Crippen molar-refractivity contribution >= 4 is 22.2 Å². The number of likely N-dealkylation sites (N-methyl/N-ethyl adjacent to an activating group) is 1. The lowest BCUT2D eigenvalue weighted by molar-refractivity contribution is 0.0662. The molecule has 0 unspecified atom stereocenters. The normalized spacial score (nSPS) is 20.8. The summed E-state index contributed by atoms with van der Waals surface area (Å²) in [4.78, 5) is 17.3. The number of aromatic nitrogens is 4. The quantitative estimate of drug-likeness (QED) is 0.804. The van der Waals surface area contributed by atoms with Crippen molar-refractivity contribution in [2.45, 2.75) is 18.8 Å².